The van der Waals surface area contributed by atoms with Crippen LogP contribution < -0.4 is 0 Å². The first-order valence-electron chi connectivity index (χ1n) is 7.57. The number of rotatable bonds is 8. The van der Waals surface area contributed by atoms with Gasteiger partial charge >= 0.3 is 0 Å². The molecule has 16 heavy (non-hydrogen) atoms. The lowest BCUT2D eigenvalue weighted by Gasteiger charge is -2.38. The van der Waals surface area contributed by atoms with Crippen molar-refractivity contribution in [3.05, 3.63) is 0 Å². The van der Waals surface area contributed by atoms with Crippen LogP contribution in [-0.4, -0.2) is 30.2 Å². The molecule has 0 spiro atoms. The Kier molecular flexibility index (Phi) is 6.41. The fourth-order valence-corrected chi connectivity index (χ4v) is 3.17. The average Bonchev–Trinajstić information content (AvgIpc) is 2.73. The molecule has 1 nitrogen and oxygen atoms in total. The highest BCUT2D eigenvalue weighted by Crippen LogP contribution is 2.24. The largest absolute Gasteiger partial charge is 0.322 e. The molecule has 0 unspecified atom stereocenters. The monoisotopic (exact) mass is 226 g/mol. The average molecular weight is 226 g/mol. The van der Waals surface area contributed by atoms with Crippen LogP contribution in [0.15, 0.2) is 0 Å². The lowest BCUT2D eigenvalue weighted by Crippen LogP contribution is -2.51. The minimum atomic E-state index is 0.846. The van der Waals surface area contributed by atoms with Gasteiger partial charge in [-0.25, -0.2) is 0 Å². The quantitative estimate of drug-likeness (QED) is 0.426. The summed E-state index contributed by atoms with van der Waals surface area (Å²) in [7, 11) is 0. The molecule has 0 aromatic rings. The van der Waals surface area contributed by atoms with Crippen molar-refractivity contribution in [3.8, 4) is 0 Å². The highest BCUT2D eigenvalue weighted by molar-refractivity contribution is 4.59. The van der Waals surface area contributed by atoms with Gasteiger partial charge in [0.05, 0.1) is 25.7 Å². The molecule has 0 aromatic heterocycles. The Labute approximate surface area is 103 Å². The minimum absolute atomic E-state index is 0.846. The molecule has 0 amide bonds. The number of hydrogen-bond donors (Lipinski definition) is 0. The van der Waals surface area contributed by atoms with Crippen LogP contribution in [0.1, 0.15) is 72.1 Å². The second-order valence-electron chi connectivity index (χ2n) is 5.96. The summed E-state index contributed by atoms with van der Waals surface area (Å²) < 4.78 is 1.42. The third-order valence-corrected chi connectivity index (χ3v) is 4.51. The molecule has 96 valence electrons. The highest BCUT2D eigenvalue weighted by atomic mass is 15.4. The van der Waals surface area contributed by atoms with Gasteiger partial charge in [0.25, 0.3) is 0 Å². The highest BCUT2D eigenvalue weighted by Gasteiger charge is 2.33. The van der Waals surface area contributed by atoms with E-state index in [1.807, 2.05) is 0 Å². The summed E-state index contributed by atoms with van der Waals surface area (Å²) in [5.74, 6) is 0. The molecule has 1 rings (SSSR count). The molecule has 0 aromatic carbocycles. The fourth-order valence-electron chi connectivity index (χ4n) is 3.17. The summed E-state index contributed by atoms with van der Waals surface area (Å²) in [5.41, 5.74) is 0. The Balaban J connectivity index is 2.14. The van der Waals surface area contributed by atoms with Crippen molar-refractivity contribution < 1.29 is 4.48 Å². The van der Waals surface area contributed by atoms with Crippen LogP contribution in [0, 0.1) is 0 Å². The van der Waals surface area contributed by atoms with Crippen LogP contribution in [0.25, 0.3) is 0 Å². The van der Waals surface area contributed by atoms with Gasteiger partial charge in [0.15, 0.2) is 0 Å². The molecule has 1 heterocycles. The molecule has 1 saturated heterocycles. The Morgan fingerprint density at radius 3 is 2.00 bits per heavy atom. The molecule has 0 N–H and O–H groups in total. The molecule has 1 fully saturated rings. The van der Waals surface area contributed by atoms with E-state index in [0.717, 1.165) is 6.04 Å². The van der Waals surface area contributed by atoms with Crippen molar-refractivity contribution in [1.82, 2.24) is 0 Å². The fraction of sp³-hybridized carbons (Fsp3) is 1.00. The second kappa shape index (κ2) is 7.32. The first-order valence-corrected chi connectivity index (χ1v) is 7.57. The van der Waals surface area contributed by atoms with E-state index in [-0.39, 0.29) is 0 Å². The van der Waals surface area contributed by atoms with Crippen molar-refractivity contribution in [1.29, 1.82) is 0 Å². The van der Waals surface area contributed by atoms with Crippen LogP contribution in [0.2, 0.25) is 0 Å². The summed E-state index contributed by atoms with van der Waals surface area (Å²) in [6.07, 6.45) is 11.6. The number of nitrogens with zero attached hydrogens (tertiary/aromatic N) is 1. The van der Waals surface area contributed by atoms with Gasteiger partial charge in [0, 0.05) is 12.8 Å². The summed E-state index contributed by atoms with van der Waals surface area (Å²) in [5, 5.41) is 0. The maximum atomic E-state index is 2.42. The van der Waals surface area contributed by atoms with Crippen molar-refractivity contribution in [2.45, 2.75) is 78.2 Å². The standard InChI is InChI=1S/C15H32N/c1-4-5-6-7-8-9-12-16(15(2)3)13-10-11-14-16/h15H,4-14H2,1-3H3/q+1. The van der Waals surface area contributed by atoms with E-state index in [4.69, 9.17) is 0 Å². The Hall–Kier alpha value is -0.0400. The molecule has 0 radical (unpaired) electrons. The third-order valence-electron chi connectivity index (χ3n) is 4.51. The predicted molar refractivity (Wildman–Crippen MR) is 72.6 cm³/mol. The van der Waals surface area contributed by atoms with E-state index in [9.17, 15) is 0 Å². The van der Waals surface area contributed by atoms with Gasteiger partial charge < -0.3 is 4.48 Å². The third kappa shape index (κ3) is 4.08. The normalized spacial score (nSPS) is 19.5. The molecule has 0 aliphatic carbocycles. The summed E-state index contributed by atoms with van der Waals surface area (Å²) >= 11 is 0. The van der Waals surface area contributed by atoms with Gasteiger partial charge in [-0.05, 0) is 26.7 Å². The van der Waals surface area contributed by atoms with Crippen LogP contribution in [-0.2, 0) is 0 Å². The first kappa shape index (κ1) is 14.0. The van der Waals surface area contributed by atoms with E-state index < -0.39 is 0 Å². The van der Waals surface area contributed by atoms with Crippen molar-refractivity contribution in [3.63, 3.8) is 0 Å². The summed E-state index contributed by atoms with van der Waals surface area (Å²) in [4.78, 5) is 0. The maximum absolute atomic E-state index is 2.42. The number of quaternary nitrogens is 1. The number of unbranched alkanes of at least 4 members (excludes halogenated alkanes) is 5. The molecule has 0 bridgehead atoms. The zero-order chi connectivity index (χ0) is 11.9. The lowest BCUT2D eigenvalue weighted by atomic mass is 10.1. The van der Waals surface area contributed by atoms with Crippen LogP contribution in [0.5, 0.6) is 0 Å². The van der Waals surface area contributed by atoms with Gasteiger partial charge in [0.1, 0.15) is 0 Å². The number of hydrogen-bond acceptors (Lipinski definition) is 0. The van der Waals surface area contributed by atoms with E-state index in [1.54, 1.807) is 0 Å². The van der Waals surface area contributed by atoms with Crippen LogP contribution in [0.4, 0.5) is 0 Å². The van der Waals surface area contributed by atoms with E-state index in [0.29, 0.717) is 0 Å². The zero-order valence-electron chi connectivity index (χ0n) is 11.8. The number of likely N-dealkylation sites (tertiary alicyclic amines) is 1. The van der Waals surface area contributed by atoms with E-state index >= 15 is 0 Å². The van der Waals surface area contributed by atoms with E-state index in [1.165, 1.54) is 75.5 Å². The molecule has 1 aliphatic rings. The zero-order valence-corrected chi connectivity index (χ0v) is 11.8. The second-order valence-corrected chi connectivity index (χ2v) is 5.96. The van der Waals surface area contributed by atoms with Gasteiger partial charge in [-0.15, -0.1) is 0 Å². The van der Waals surface area contributed by atoms with Crippen molar-refractivity contribution in [2.24, 2.45) is 0 Å². The molecule has 0 atom stereocenters. The smallest absolute Gasteiger partial charge is 0.0833 e. The first-order chi connectivity index (χ1) is 7.71. The summed E-state index contributed by atoms with van der Waals surface area (Å²) in [6, 6.07) is 0.846. The Bertz CT molecular complexity index is 168. The van der Waals surface area contributed by atoms with Crippen molar-refractivity contribution in [2.75, 3.05) is 19.6 Å². The van der Waals surface area contributed by atoms with Gasteiger partial charge in [-0.2, -0.15) is 0 Å². The van der Waals surface area contributed by atoms with Gasteiger partial charge in [-0.1, -0.05) is 32.6 Å². The summed E-state index contributed by atoms with van der Waals surface area (Å²) in [6.45, 7) is 11.5. The van der Waals surface area contributed by atoms with Crippen LogP contribution >= 0.6 is 0 Å². The van der Waals surface area contributed by atoms with Crippen molar-refractivity contribution >= 4 is 0 Å². The maximum Gasteiger partial charge on any atom is 0.0833 e. The Morgan fingerprint density at radius 1 is 0.875 bits per heavy atom. The van der Waals surface area contributed by atoms with Gasteiger partial charge in [-0.3, -0.25) is 0 Å². The van der Waals surface area contributed by atoms with Crippen LogP contribution in [0.3, 0.4) is 0 Å². The Morgan fingerprint density at radius 2 is 1.44 bits per heavy atom. The molecular weight excluding hydrogens is 194 g/mol. The molecule has 1 aliphatic heterocycles. The molecular formula is C15H32N+. The lowest BCUT2D eigenvalue weighted by molar-refractivity contribution is -0.937. The van der Waals surface area contributed by atoms with Gasteiger partial charge in [0.2, 0.25) is 0 Å². The molecule has 0 saturated carbocycles. The van der Waals surface area contributed by atoms with E-state index in [2.05, 4.69) is 20.8 Å². The minimum Gasteiger partial charge on any atom is -0.322 e. The molecule has 1 heteroatoms. The predicted octanol–water partition coefficient (Wildman–Crippen LogP) is 4.37. The topological polar surface area (TPSA) is 0 Å². The SMILES string of the molecule is CCCCCCCC[N+]1(C(C)C)CCCC1.